The van der Waals surface area contributed by atoms with E-state index >= 15 is 0 Å². The molecule has 2 N–H and O–H groups in total. The van der Waals surface area contributed by atoms with Gasteiger partial charge in [-0.1, -0.05) is 13.8 Å². The highest BCUT2D eigenvalue weighted by molar-refractivity contribution is 5.71. The molecule has 3 nitrogen and oxygen atoms in total. The topological polar surface area (TPSA) is 49.3 Å². The molecular weight excluding hydrogens is 166 g/mol. The van der Waals surface area contributed by atoms with Crippen LogP contribution in [0.4, 0.5) is 0 Å². The number of carboxylic acids is 1. The lowest BCUT2D eigenvalue weighted by molar-refractivity contribution is -0.144. The van der Waals surface area contributed by atoms with Gasteiger partial charge in [-0.15, -0.1) is 0 Å². The third kappa shape index (κ3) is 2.44. The van der Waals surface area contributed by atoms with E-state index in [0.717, 1.165) is 12.8 Å². The SMILES string of the molecule is CC(C)[C@@H]1N[C@H](C)CC[C@H]1C(=O)O. The quantitative estimate of drug-likeness (QED) is 0.685. The summed E-state index contributed by atoms with van der Waals surface area (Å²) < 4.78 is 0. The lowest BCUT2D eigenvalue weighted by Gasteiger charge is -2.36. The van der Waals surface area contributed by atoms with Gasteiger partial charge in [0.15, 0.2) is 0 Å². The number of hydrogen-bond donors (Lipinski definition) is 2. The number of hydrogen-bond acceptors (Lipinski definition) is 2. The fourth-order valence-electron chi connectivity index (χ4n) is 2.07. The van der Waals surface area contributed by atoms with Crippen LogP contribution < -0.4 is 5.32 Å². The first kappa shape index (κ1) is 10.5. The van der Waals surface area contributed by atoms with Gasteiger partial charge in [0.25, 0.3) is 0 Å². The van der Waals surface area contributed by atoms with Crippen molar-refractivity contribution in [2.45, 2.75) is 45.7 Å². The van der Waals surface area contributed by atoms with E-state index in [9.17, 15) is 4.79 Å². The summed E-state index contributed by atoms with van der Waals surface area (Å²) in [6.07, 6.45) is 1.78. The second kappa shape index (κ2) is 4.09. The highest BCUT2D eigenvalue weighted by Crippen LogP contribution is 2.24. The second-order valence-electron chi connectivity index (χ2n) is 4.36. The van der Waals surface area contributed by atoms with Crippen molar-refractivity contribution in [1.29, 1.82) is 0 Å². The predicted octanol–water partition coefficient (Wildman–Crippen LogP) is 1.48. The molecule has 0 aromatic carbocycles. The van der Waals surface area contributed by atoms with E-state index in [1.54, 1.807) is 0 Å². The van der Waals surface area contributed by atoms with Crippen LogP contribution in [-0.4, -0.2) is 23.2 Å². The minimum absolute atomic E-state index is 0.140. The number of aliphatic carboxylic acids is 1. The minimum atomic E-state index is -0.655. The fraction of sp³-hybridized carbons (Fsp3) is 0.900. The summed E-state index contributed by atoms with van der Waals surface area (Å²) in [4.78, 5) is 10.9. The molecule has 0 bridgehead atoms. The first-order valence-electron chi connectivity index (χ1n) is 5.01. The molecule has 0 aliphatic carbocycles. The Balaban J connectivity index is 2.66. The minimum Gasteiger partial charge on any atom is -0.481 e. The van der Waals surface area contributed by atoms with Crippen LogP contribution in [0.1, 0.15) is 33.6 Å². The van der Waals surface area contributed by atoms with Gasteiger partial charge < -0.3 is 10.4 Å². The molecule has 0 amide bonds. The molecule has 0 aromatic rings. The Labute approximate surface area is 79.5 Å². The number of rotatable bonds is 2. The molecule has 0 aromatic heterocycles. The predicted molar refractivity (Wildman–Crippen MR) is 51.6 cm³/mol. The van der Waals surface area contributed by atoms with Crippen molar-refractivity contribution in [3.05, 3.63) is 0 Å². The van der Waals surface area contributed by atoms with Crippen LogP contribution in [0, 0.1) is 11.8 Å². The maximum Gasteiger partial charge on any atom is 0.308 e. The molecule has 3 heteroatoms. The highest BCUT2D eigenvalue weighted by atomic mass is 16.4. The Morgan fingerprint density at radius 2 is 2.08 bits per heavy atom. The molecule has 0 saturated carbocycles. The number of carbonyl (C=O) groups is 1. The number of nitrogens with one attached hydrogen (secondary N) is 1. The van der Waals surface area contributed by atoms with E-state index in [1.165, 1.54) is 0 Å². The molecular formula is C10H19NO2. The average Bonchev–Trinajstić information content (AvgIpc) is 2.03. The summed E-state index contributed by atoms with van der Waals surface area (Å²) in [7, 11) is 0. The summed E-state index contributed by atoms with van der Waals surface area (Å²) in [5.74, 6) is -0.460. The van der Waals surface area contributed by atoms with Crippen LogP contribution in [0.3, 0.4) is 0 Å². The van der Waals surface area contributed by atoms with Gasteiger partial charge in [0.2, 0.25) is 0 Å². The smallest absolute Gasteiger partial charge is 0.308 e. The third-order valence-electron chi connectivity index (χ3n) is 2.86. The maximum absolute atomic E-state index is 10.9. The Morgan fingerprint density at radius 3 is 2.54 bits per heavy atom. The lowest BCUT2D eigenvalue weighted by atomic mass is 9.82. The fourth-order valence-corrected chi connectivity index (χ4v) is 2.07. The standard InChI is InChI=1S/C10H19NO2/c1-6(2)9-8(10(12)13)5-4-7(3)11-9/h6-9,11H,4-5H2,1-3H3,(H,12,13)/t7-,8-,9+/m1/s1. The molecule has 1 rings (SSSR count). The molecule has 1 heterocycles. The second-order valence-corrected chi connectivity index (χ2v) is 4.36. The van der Waals surface area contributed by atoms with Gasteiger partial charge in [-0.3, -0.25) is 4.79 Å². The third-order valence-corrected chi connectivity index (χ3v) is 2.86. The van der Waals surface area contributed by atoms with E-state index in [-0.39, 0.29) is 12.0 Å². The van der Waals surface area contributed by atoms with Crippen molar-refractivity contribution in [1.82, 2.24) is 5.32 Å². The maximum atomic E-state index is 10.9. The summed E-state index contributed by atoms with van der Waals surface area (Å²) in [5.41, 5.74) is 0. The van der Waals surface area contributed by atoms with Crippen molar-refractivity contribution < 1.29 is 9.90 Å². The highest BCUT2D eigenvalue weighted by Gasteiger charge is 2.34. The van der Waals surface area contributed by atoms with Crippen LogP contribution >= 0.6 is 0 Å². The number of carboxylic acid groups (broad SMARTS) is 1. The summed E-state index contributed by atoms with van der Waals surface area (Å²) >= 11 is 0. The van der Waals surface area contributed by atoms with Gasteiger partial charge >= 0.3 is 5.97 Å². The summed E-state index contributed by atoms with van der Waals surface area (Å²) in [6.45, 7) is 6.27. The van der Waals surface area contributed by atoms with Crippen LogP contribution in [0.15, 0.2) is 0 Å². The van der Waals surface area contributed by atoms with Crippen molar-refractivity contribution in [2.75, 3.05) is 0 Å². The first-order chi connectivity index (χ1) is 6.02. The van der Waals surface area contributed by atoms with Crippen LogP contribution in [0.25, 0.3) is 0 Å². The first-order valence-corrected chi connectivity index (χ1v) is 5.01. The Morgan fingerprint density at radius 1 is 1.46 bits per heavy atom. The summed E-state index contributed by atoms with van der Waals surface area (Å²) in [6, 6.07) is 0.601. The van der Waals surface area contributed by atoms with Gasteiger partial charge in [-0.2, -0.15) is 0 Å². The molecule has 1 fully saturated rings. The molecule has 0 spiro atoms. The molecule has 0 unspecified atom stereocenters. The molecule has 1 aliphatic heterocycles. The zero-order chi connectivity index (χ0) is 10.0. The van der Waals surface area contributed by atoms with Crippen molar-refractivity contribution in [3.8, 4) is 0 Å². The Kier molecular flexibility index (Phi) is 3.31. The van der Waals surface area contributed by atoms with E-state index in [1.807, 2.05) is 0 Å². The van der Waals surface area contributed by atoms with E-state index in [4.69, 9.17) is 5.11 Å². The lowest BCUT2D eigenvalue weighted by Crippen LogP contribution is -2.51. The van der Waals surface area contributed by atoms with Gasteiger partial charge in [-0.25, -0.2) is 0 Å². The monoisotopic (exact) mass is 185 g/mol. The van der Waals surface area contributed by atoms with Gasteiger partial charge in [0, 0.05) is 12.1 Å². The zero-order valence-electron chi connectivity index (χ0n) is 8.58. The zero-order valence-corrected chi connectivity index (χ0v) is 8.58. The molecule has 3 atom stereocenters. The molecule has 0 radical (unpaired) electrons. The molecule has 76 valence electrons. The average molecular weight is 185 g/mol. The largest absolute Gasteiger partial charge is 0.481 e. The van der Waals surface area contributed by atoms with E-state index in [0.29, 0.717) is 12.0 Å². The van der Waals surface area contributed by atoms with Gasteiger partial charge in [0.1, 0.15) is 0 Å². The normalized spacial score (nSPS) is 34.9. The molecule has 1 aliphatic rings. The van der Waals surface area contributed by atoms with Crippen molar-refractivity contribution in [2.24, 2.45) is 11.8 Å². The Hall–Kier alpha value is -0.570. The van der Waals surface area contributed by atoms with Crippen LogP contribution in [0.2, 0.25) is 0 Å². The molecule has 1 saturated heterocycles. The number of piperidine rings is 1. The van der Waals surface area contributed by atoms with Crippen molar-refractivity contribution in [3.63, 3.8) is 0 Å². The molecule has 13 heavy (non-hydrogen) atoms. The van der Waals surface area contributed by atoms with Gasteiger partial charge in [0.05, 0.1) is 5.92 Å². The van der Waals surface area contributed by atoms with Gasteiger partial charge in [-0.05, 0) is 25.7 Å². The Bertz CT molecular complexity index is 191. The van der Waals surface area contributed by atoms with Crippen LogP contribution in [0.5, 0.6) is 0 Å². The summed E-state index contributed by atoms with van der Waals surface area (Å²) in [5, 5.41) is 12.4. The van der Waals surface area contributed by atoms with E-state index in [2.05, 4.69) is 26.1 Å². The van der Waals surface area contributed by atoms with Crippen molar-refractivity contribution >= 4 is 5.97 Å². The van der Waals surface area contributed by atoms with Crippen LogP contribution in [-0.2, 0) is 4.79 Å². The van der Waals surface area contributed by atoms with E-state index < -0.39 is 5.97 Å².